The molecule has 0 bridgehead atoms. The lowest BCUT2D eigenvalue weighted by Crippen LogP contribution is -2.08. The van der Waals surface area contributed by atoms with Gasteiger partial charge in [0.1, 0.15) is 4.88 Å². The Morgan fingerprint density at radius 1 is 1.67 bits per heavy atom. The SMILES string of the molecule is COC(=O)c1cnc(C#CCC(N)=O)s1. The fraction of sp³-hybridized carbons (Fsp3) is 0.222. The van der Waals surface area contributed by atoms with E-state index in [1.54, 1.807) is 0 Å². The largest absolute Gasteiger partial charge is 0.465 e. The quantitative estimate of drug-likeness (QED) is 0.573. The molecule has 5 nitrogen and oxygen atoms in total. The first-order valence-electron chi connectivity index (χ1n) is 3.95. The standard InChI is InChI=1S/C9H8N2O3S/c1-14-9(13)6-5-11-8(15-6)4-2-3-7(10)12/h5H,3H2,1H3,(H2,10,12). The molecular weight excluding hydrogens is 216 g/mol. The van der Waals surface area contributed by atoms with Crippen molar-refractivity contribution in [2.75, 3.05) is 7.11 Å². The first-order chi connectivity index (χ1) is 7.13. The lowest BCUT2D eigenvalue weighted by Gasteiger charge is -1.89. The van der Waals surface area contributed by atoms with Crippen molar-refractivity contribution in [2.24, 2.45) is 5.73 Å². The molecule has 15 heavy (non-hydrogen) atoms. The van der Waals surface area contributed by atoms with Crippen molar-refractivity contribution in [3.8, 4) is 11.8 Å². The van der Waals surface area contributed by atoms with Gasteiger partial charge in [0, 0.05) is 0 Å². The summed E-state index contributed by atoms with van der Waals surface area (Å²) in [6.45, 7) is 0. The minimum Gasteiger partial charge on any atom is -0.465 e. The third kappa shape index (κ3) is 3.40. The normalized spacial score (nSPS) is 8.87. The van der Waals surface area contributed by atoms with Gasteiger partial charge in [-0.2, -0.15) is 0 Å². The molecule has 78 valence electrons. The topological polar surface area (TPSA) is 82.3 Å². The van der Waals surface area contributed by atoms with Crippen LogP contribution >= 0.6 is 11.3 Å². The molecule has 0 atom stereocenters. The molecule has 6 heteroatoms. The molecule has 1 aromatic rings. The Kier molecular flexibility index (Phi) is 3.83. The van der Waals surface area contributed by atoms with Gasteiger partial charge in [-0.3, -0.25) is 4.79 Å². The smallest absolute Gasteiger partial charge is 0.349 e. The van der Waals surface area contributed by atoms with Crippen molar-refractivity contribution < 1.29 is 14.3 Å². The molecule has 0 aliphatic carbocycles. The maximum atomic E-state index is 11.0. The Bertz CT molecular complexity index is 442. The first kappa shape index (κ1) is 11.2. The number of nitrogens with zero attached hydrogens (tertiary/aromatic N) is 1. The van der Waals surface area contributed by atoms with Crippen LogP contribution < -0.4 is 5.73 Å². The van der Waals surface area contributed by atoms with Crippen LogP contribution in [0.2, 0.25) is 0 Å². The lowest BCUT2D eigenvalue weighted by atomic mass is 10.4. The third-order valence-electron chi connectivity index (χ3n) is 1.35. The van der Waals surface area contributed by atoms with Crippen molar-refractivity contribution in [1.29, 1.82) is 0 Å². The van der Waals surface area contributed by atoms with E-state index in [1.807, 2.05) is 0 Å². The van der Waals surface area contributed by atoms with Gasteiger partial charge >= 0.3 is 5.97 Å². The highest BCUT2D eigenvalue weighted by molar-refractivity contribution is 7.14. The molecular formula is C9H8N2O3S. The molecule has 0 unspecified atom stereocenters. The molecule has 0 aliphatic heterocycles. The van der Waals surface area contributed by atoms with E-state index in [0.29, 0.717) is 9.88 Å². The van der Waals surface area contributed by atoms with Crippen LogP contribution in [0, 0.1) is 11.8 Å². The van der Waals surface area contributed by atoms with E-state index >= 15 is 0 Å². The van der Waals surface area contributed by atoms with E-state index in [1.165, 1.54) is 13.3 Å². The minimum absolute atomic E-state index is 0.0207. The molecule has 1 rings (SSSR count). The minimum atomic E-state index is -0.493. The molecule has 1 amide bonds. The monoisotopic (exact) mass is 224 g/mol. The number of hydrogen-bond acceptors (Lipinski definition) is 5. The van der Waals surface area contributed by atoms with Crippen molar-refractivity contribution in [2.45, 2.75) is 6.42 Å². The van der Waals surface area contributed by atoms with Gasteiger partial charge in [0.15, 0.2) is 5.01 Å². The van der Waals surface area contributed by atoms with Crippen LogP contribution in [0.5, 0.6) is 0 Å². The number of amides is 1. The molecule has 1 aromatic heterocycles. The van der Waals surface area contributed by atoms with Crippen LogP contribution in [0.1, 0.15) is 21.1 Å². The van der Waals surface area contributed by atoms with Gasteiger partial charge in [-0.1, -0.05) is 17.3 Å². The maximum absolute atomic E-state index is 11.0. The average molecular weight is 224 g/mol. The molecule has 0 aromatic carbocycles. The van der Waals surface area contributed by atoms with Crippen LogP contribution in [0.15, 0.2) is 6.20 Å². The summed E-state index contributed by atoms with van der Waals surface area (Å²) in [4.78, 5) is 25.7. The van der Waals surface area contributed by atoms with Crippen LogP contribution in [0.4, 0.5) is 0 Å². The van der Waals surface area contributed by atoms with Gasteiger partial charge in [-0.05, 0) is 5.92 Å². The Hall–Kier alpha value is -1.87. The second kappa shape index (κ2) is 5.12. The Morgan fingerprint density at radius 3 is 3.00 bits per heavy atom. The van der Waals surface area contributed by atoms with E-state index in [0.717, 1.165) is 11.3 Å². The summed E-state index contributed by atoms with van der Waals surface area (Å²) in [6, 6.07) is 0. The zero-order valence-electron chi connectivity index (χ0n) is 7.94. The molecule has 0 aliphatic rings. The maximum Gasteiger partial charge on any atom is 0.349 e. The van der Waals surface area contributed by atoms with E-state index in [2.05, 4.69) is 21.6 Å². The molecule has 1 heterocycles. The van der Waals surface area contributed by atoms with E-state index in [9.17, 15) is 9.59 Å². The van der Waals surface area contributed by atoms with Gasteiger partial charge in [0.2, 0.25) is 5.91 Å². The average Bonchev–Trinajstić information content (AvgIpc) is 2.65. The van der Waals surface area contributed by atoms with E-state index in [-0.39, 0.29) is 6.42 Å². The van der Waals surface area contributed by atoms with Gasteiger partial charge in [-0.25, -0.2) is 9.78 Å². The molecule has 0 saturated carbocycles. The predicted octanol–water partition coefficient (Wildman–Crippen LogP) is 0.157. The molecule has 2 N–H and O–H groups in total. The summed E-state index contributed by atoms with van der Waals surface area (Å²) >= 11 is 1.11. The number of esters is 1. The number of carbonyl (C=O) groups excluding carboxylic acids is 2. The number of primary amides is 1. The Balaban J connectivity index is 2.71. The van der Waals surface area contributed by atoms with Crippen molar-refractivity contribution in [1.82, 2.24) is 4.98 Å². The number of thiazole rings is 1. The third-order valence-corrected chi connectivity index (χ3v) is 2.24. The Morgan fingerprint density at radius 2 is 2.40 bits per heavy atom. The van der Waals surface area contributed by atoms with Gasteiger partial charge in [-0.15, -0.1) is 0 Å². The lowest BCUT2D eigenvalue weighted by molar-refractivity contribution is -0.117. The van der Waals surface area contributed by atoms with Crippen LogP contribution in [-0.2, 0) is 9.53 Å². The highest BCUT2D eigenvalue weighted by Gasteiger charge is 2.08. The summed E-state index contributed by atoms with van der Waals surface area (Å²) in [5, 5.41) is 0.455. The second-order valence-corrected chi connectivity index (χ2v) is 3.50. The predicted molar refractivity (Wildman–Crippen MR) is 54.1 cm³/mol. The fourth-order valence-electron chi connectivity index (χ4n) is 0.734. The van der Waals surface area contributed by atoms with E-state index < -0.39 is 11.9 Å². The van der Waals surface area contributed by atoms with Crippen molar-refractivity contribution >= 4 is 23.2 Å². The summed E-state index contributed by atoms with van der Waals surface area (Å²) in [5.74, 6) is 4.22. The molecule has 0 spiro atoms. The number of methoxy groups -OCH3 is 1. The summed E-state index contributed by atoms with van der Waals surface area (Å²) in [6.07, 6.45) is 1.36. The number of rotatable bonds is 2. The van der Waals surface area contributed by atoms with Gasteiger partial charge in [0.05, 0.1) is 19.7 Å². The van der Waals surface area contributed by atoms with Crippen LogP contribution in [0.3, 0.4) is 0 Å². The summed E-state index contributed by atoms with van der Waals surface area (Å²) in [5.41, 5.74) is 4.90. The molecule has 0 fully saturated rings. The number of carbonyl (C=O) groups is 2. The van der Waals surface area contributed by atoms with Gasteiger partial charge in [0.25, 0.3) is 0 Å². The fourth-order valence-corrected chi connectivity index (χ4v) is 1.44. The first-order valence-corrected chi connectivity index (χ1v) is 4.76. The van der Waals surface area contributed by atoms with Crippen LogP contribution in [0.25, 0.3) is 0 Å². The number of ether oxygens (including phenoxy) is 1. The van der Waals surface area contributed by atoms with Crippen molar-refractivity contribution in [3.63, 3.8) is 0 Å². The number of hydrogen-bond donors (Lipinski definition) is 1. The van der Waals surface area contributed by atoms with Crippen molar-refractivity contribution in [3.05, 3.63) is 16.1 Å². The van der Waals surface area contributed by atoms with Crippen LogP contribution in [-0.4, -0.2) is 24.0 Å². The van der Waals surface area contributed by atoms with Gasteiger partial charge < -0.3 is 10.5 Å². The molecule has 0 saturated heterocycles. The zero-order valence-corrected chi connectivity index (χ0v) is 8.76. The highest BCUT2D eigenvalue weighted by Crippen LogP contribution is 2.12. The number of aromatic nitrogens is 1. The second-order valence-electron chi connectivity index (χ2n) is 2.47. The number of nitrogens with two attached hydrogens (primary N) is 1. The van der Waals surface area contributed by atoms with E-state index in [4.69, 9.17) is 5.73 Å². The highest BCUT2D eigenvalue weighted by atomic mass is 32.1. The summed E-state index contributed by atoms with van der Waals surface area (Å²) < 4.78 is 4.50. The molecule has 0 radical (unpaired) electrons. The Labute approximate surface area is 90.3 Å². The summed E-state index contributed by atoms with van der Waals surface area (Å²) in [7, 11) is 1.29. The zero-order chi connectivity index (χ0) is 11.3.